The van der Waals surface area contributed by atoms with Crippen LogP contribution >= 0.6 is 0 Å². The number of rotatable bonds is 3. The van der Waals surface area contributed by atoms with Gasteiger partial charge in [0.05, 0.1) is 23.7 Å². The van der Waals surface area contributed by atoms with Gasteiger partial charge in [-0.15, -0.1) is 0 Å². The lowest BCUT2D eigenvalue weighted by atomic mass is 10.1. The van der Waals surface area contributed by atoms with Crippen molar-refractivity contribution in [1.29, 1.82) is 0 Å². The molecule has 4 nitrogen and oxygen atoms in total. The summed E-state index contributed by atoms with van der Waals surface area (Å²) < 4.78 is 2.28. The third-order valence-electron chi connectivity index (χ3n) is 4.78. The van der Waals surface area contributed by atoms with E-state index in [1.54, 1.807) is 0 Å². The van der Waals surface area contributed by atoms with Gasteiger partial charge < -0.3 is 14.6 Å². The number of hydrogen-bond acceptors (Lipinski definition) is 3. The number of piperidine rings is 1. The van der Waals surface area contributed by atoms with Crippen LogP contribution in [-0.2, 0) is 6.54 Å². The van der Waals surface area contributed by atoms with E-state index >= 15 is 0 Å². The van der Waals surface area contributed by atoms with E-state index in [1.165, 1.54) is 11.1 Å². The lowest BCUT2D eigenvalue weighted by Gasteiger charge is -2.31. The molecule has 0 aliphatic carbocycles. The topological polar surface area (TPSA) is 41.3 Å². The van der Waals surface area contributed by atoms with E-state index in [1.807, 2.05) is 6.07 Å². The van der Waals surface area contributed by atoms with E-state index in [0.29, 0.717) is 6.54 Å². The molecule has 0 spiro atoms. The summed E-state index contributed by atoms with van der Waals surface area (Å²) in [5, 5.41) is 10.0. The third kappa shape index (κ3) is 2.89. The molecule has 0 radical (unpaired) electrons. The number of aliphatic hydroxyl groups is 1. The van der Waals surface area contributed by atoms with E-state index in [2.05, 4.69) is 58.9 Å². The van der Waals surface area contributed by atoms with Gasteiger partial charge in [0.15, 0.2) is 0 Å². The first-order valence-corrected chi connectivity index (χ1v) is 8.64. The quantitative estimate of drug-likeness (QED) is 0.804. The fourth-order valence-corrected chi connectivity index (χ4v) is 3.47. The van der Waals surface area contributed by atoms with Gasteiger partial charge in [-0.05, 0) is 37.5 Å². The minimum atomic E-state index is -0.258. The van der Waals surface area contributed by atoms with Crippen molar-refractivity contribution in [2.24, 2.45) is 0 Å². The molecule has 124 valence electrons. The van der Waals surface area contributed by atoms with Crippen LogP contribution in [0.1, 0.15) is 24.0 Å². The molecular formula is C20H23N3O. The monoisotopic (exact) mass is 321 g/mol. The number of nitrogens with zero attached hydrogens (tertiary/aromatic N) is 3. The average molecular weight is 321 g/mol. The van der Waals surface area contributed by atoms with Crippen molar-refractivity contribution in [3.8, 4) is 0 Å². The molecule has 1 fully saturated rings. The van der Waals surface area contributed by atoms with Crippen molar-refractivity contribution >= 4 is 17.0 Å². The molecule has 24 heavy (non-hydrogen) atoms. The van der Waals surface area contributed by atoms with Crippen molar-refractivity contribution in [2.45, 2.75) is 32.4 Å². The molecule has 1 aliphatic rings. The highest BCUT2D eigenvalue weighted by atomic mass is 16.3. The first kappa shape index (κ1) is 15.2. The van der Waals surface area contributed by atoms with Gasteiger partial charge in [0, 0.05) is 13.1 Å². The second-order valence-corrected chi connectivity index (χ2v) is 6.71. The lowest BCUT2D eigenvalue weighted by Crippen LogP contribution is -2.39. The van der Waals surface area contributed by atoms with E-state index in [9.17, 15) is 5.11 Å². The zero-order chi connectivity index (χ0) is 16.5. The number of benzene rings is 2. The van der Waals surface area contributed by atoms with E-state index < -0.39 is 0 Å². The number of imidazole rings is 1. The Morgan fingerprint density at radius 1 is 1.12 bits per heavy atom. The predicted octanol–water partition coefficient (Wildman–Crippen LogP) is 3.35. The minimum absolute atomic E-state index is 0.258. The van der Waals surface area contributed by atoms with E-state index in [4.69, 9.17) is 4.98 Å². The molecule has 3 aromatic rings. The van der Waals surface area contributed by atoms with E-state index in [-0.39, 0.29) is 6.10 Å². The SMILES string of the molecule is Cc1ccc(Cn2c(N3CCC[C@H](O)C3)nc3ccccc32)cc1. The largest absolute Gasteiger partial charge is 0.391 e. The van der Waals surface area contributed by atoms with Crippen molar-refractivity contribution in [2.75, 3.05) is 18.0 Å². The van der Waals surface area contributed by atoms with Crippen LogP contribution in [0.25, 0.3) is 11.0 Å². The zero-order valence-corrected chi connectivity index (χ0v) is 14.0. The van der Waals surface area contributed by atoms with Crippen LogP contribution in [0, 0.1) is 6.92 Å². The summed E-state index contributed by atoms with van der Waals surface area (Å²) in [6.45, 7) is 4.52. The fraction of sp³-hybridized carbons (Fsp3) is 0.350. The smallest absolute Gasteiger partial charge is 0.206 e. The van der Waals surface area contributed by atoms with Crippen LogP contribution in [0.3, 0.4) is 0 Å². The van der Waals surface area contributed by atoms with Gasteiger partial charge in [0.1, 0.15) is 0 Å². The molecule has 1 aromatic heterocycles. The average Bonchev–Trinajstić information content (AvgIpc) is 2.96. The Kier molecular flexibility index (Phi) is 3.98. The van der Waals surface area contributed by atoms with Crippen LogP contribution in [-0.4, -0.2) is 33.9 Å². The number of aryl methyl sites for hydroxylation is 1. The van der Waals surface area contributed by atoms with Gasteiger partial charge in [-0.3, -0.25) is 0 Å². The molecule has 2 aromatic carbocycles. The van der Waals surface area contributed by atoms with Crippen molar-refractivity contribution in [1.82, 2.24) is 9.55 Å². The number of para-hydroxylation sites is 2. The number of fused-ring (bicyclic) bond motifs is 1. The third-order valence-corrected chi connectivity index (χ3v) is 4.78. The van der Waals surface area contributed by atoms with Gasteiger partial charge >= 0.3 is 0 Å². The molecule has 1 saturated heterocycles. The normalized spacial score (nSPS) is 18.2. The number of β-amino-alcohol motifs (C(OH)–C–C–N with tert-alkyl or cyclic N) is 1. The minimum Gasteiger partial charge on any atom is -0.391 e. The second kappa shape index (κ2) is 6.29. The first-order chi connectivity index (χ1) is 11.7. The molecule has 2 heterocycles. The van der Waals surface area contributed by atoms with Gasteiger partial charge in [-0.2, -0.15) is 0 Å². The van der Waals surface area contributed by atoms with Crippen LogP contribution in [0.5, 0.6) is 0 Å². The van der Waals surface area contributed by atoms with Gasteiger partial charge in [0.2, 0.25) is 5.95 Å². The molecule has 1 aliphatic heterocycles. The summed E-state index contributed by atoms with van der Waals surface area (Å²) in [5.74, 6) is 0.968. The maximum atomic E-state index is 10.0. The maximum Gasteiger partial charge on any atom is 0.206 e. The second-order valence-electron chi connectivity index (χ2n) is 6.71. The number of aliphatic hydroxyl groups excluding tert-OH is 1. The Morgan fingerprint density at radius 3 is 2.71 bits per heavy atom. The highest BCUT2D eigenvalue weighted by molar-refractivity contribution is 5.79. The van der Waals surface area contributed by atoms with Crippen LogP contribution in [0.15, 0.2) is 48.5 Å². The predicted molar refractivity (Wildman–Crippen MR) is 97.5 cm³/mol. The molecule has 4 heteroatoms. The van der Waals surface area contributed by atoms with Gasteiger partial charge in [-0.25, -0.2) is 4.98 Å². The highest BCUT2D eigenvalue weighted by Crippen LogP contribution is 2.26. The summed E-state index contributed by atoms with van der Waals surface area (Å²) in [5.41, 5.74) is 4.70. The molecular weight excluding hydrogens is 298 g/mol. The molecule has 0 saturated carbocycles. The molecule has 0 bridgehead atoms. The molecule has 1 N–H and O–H groups in total. The Morgan fingerprint density at radius 2 is 1.92 bits per heavy atom. The maximum absolute atomic E-state index is 10.0. The van der Waals surface area contributed by atoms with Gasteiger partial charge in [0.25, 0.3) is 0 Å². The lowest BCUT2D eigenvalue weighted by molar-refractivity contribution is 0.153. The Labute approximate surface area is 142 Å². The van der Waals surface area contributed by atoms with Crippen LogP contribution in [0.4, 0.5) is 5.95 Å². The zero-order valence-electron chi connectivity index (χ0n) is 14.0. The standard InChI is InChI=1S/C20H23N3O/c1-15-8-10-16(11-9-15)13-23-19-7-3-2-6-18(19)21-20(23)22-12-4-5-17(24)14-22/h2-3,6-11,17,24H,4-5,12-14H2,1H3/t17-/m0/s1. The van der Waals surface area contributed by atoms with Crippen LogP contribution in [0.2, 0.25) is 0 Å². The first-order valence-electron chi connectivity index (χ1n) is 8.64. The number of aromatic nitrogens is 2. The van der Waals surface area contributed by atoms with Gasteiger partial charge in [-0.1, -0.05) is 42.0 Å². The summed E-state index contributed by atoms with van der Waals surface area (Å²) in [6.07, 6.45) is 1.63. The summed E-state index contributed by atoms with van der Waals surface area (Å²) >= 11 is 0. The van der Waals surface area contributed by atoms with Crippen molar-refractivity contribution in [3.05, 3.63) is 59.7 Å². The molecule has 0 unspecified atom stereocenters. The van der Waals surface area contributed by atoms with Crippen LogP contribution < -0.4 is 4.90 Å². The van der Waals surface area contributed by atoms with Crippen molar-refractivity contribution < 1.29 is 5.11 Å². The Hall–Kier alpha value is -2.33. The Balaban J connectivity index is 1.76. The fourth-order valence-electron chi connectivity index (χ4n) is 3.47. The summed E-state index contributed by atoms with van der Waals surface area (Å²) in [7, 11) is 0. The summed E-state index contributed by atoms with van der Waals surface area (Å²) in [4.78, 5) is 7.09. The Bertz CT molecular complexity index is 838. The molecule has 0 amide bonds. The highest BCUT2D eigenvalue weighted by Gasteiger charge is 2.23. The number of hydrogen-bond donors (Lipinski definition) is 1. The van der Waals surface area contributed by atoms with E-state index in [0.717, 1.165) is 42.9 Å². The molecule has 4 rings (SSSR count). The number of anilines is 1. The molecule has 1 atom stereocenters. The summed E-state index contributed by atoms with van der Waals surface area (Å²) in [6, 6.07) is 16.9. The van der Waals surface area contributed by atoms with Crippen molar-refractivity contribution in [3.63, 3.8) is 0 Å².